The van der Waals surface area contributed by atoms with E-state index >= 15 is 0 Å². The average molecular weight is 426 g/mol. The first-order valence-corrected chi connectivity index (χ1v) is 13.7. The van der Waals surface area contributed by atoms with Crippen LogP contribution in [0.4, 0.5) is 0 Å². The lowest BCUT2D eigenvalue weighted by molar-refractivity contribution is -0.0508. The summed E-state index contributed by atoms with van der Waals surface area (Å²) in [6.07, 6.45) is 20.1. The Morgan fingerprint density at radius 2 is 1.77 bits per heavy atom. The monoisotopic (exact) mass is 425 g/mol. The van der Waals surface area contributed by atoms with Crippen LogP contribution in [0.5, 0.6) is 0 Å². The number of hydrogen-bond donors (Lipinski definition) is 1. The molecule has 2 heteroatoms. The lowest BCUT2D eigenvalue weighted by Gasteiger charge is -2.58. The number of nitriles is 1. The van der Waals surface area contributed by atoms with Crippen LogP contribution in [0.2, 0.25) is 0 Å². The zero-order valence-corrected chi connectivity index (χ0v) is 20.8. The number of aliphatic hydroxyl groups excluding tert-OH is 1. The maximum absolute atomic E-state index is 10.2. The van der Waals surface area contributed by atoms with E-state index in [4.69, 9.17) is 0 Å². The van der Waals surface area contributed by atoms with Crippen LogP contribution in [-0.4, -0.2) is 11.2 Å². The van der Waals surface area contributed by atoms with Crippen LogP contribution in [0.15, 0.2) is 11.6 Å². The van der Waals surface area contributed by atoms with Crippen LogP contribution < -0.4 is 0 Å². The van der Waals surface area contributed by atoms with E-state index in [2.05, 4.69) is 26.0 Å². The Hall–Kier alpha value is -0.810. The fourth-order valence-corrected chi connectivity index (χ4v) is 8.65. The molecule has 1 N–H and O–H groups in total. The number of aliphatic hydroxyl groups is 1. The minimum atomic E-state index is -0.0913. The van der Waals surface area contributed by atoms with E-state index in [1.165, 1.54) is 57.8 Å². The first-order valence-electron chi connectivity index (χ1n) is 13.7. The molecule has 31 heavy (non-hydrogen) atoms. The summed E-state index contributed by atoms with van der Waals surface area (Å²) in [5.74, 6) is 3.58. The Morgan fingerprint density at radius 1 is 1.00 bits per heavy atom. The quantitative estimate of drug-likeness (QED) is 0.360. The predicted molar refractivity (Wildman–Crippen MR) is 128 cm³/mol. The molecule has 5 aliphatic carbocycles. The topological polar surface area (TPSA) is 44.0 Å². The van der Waals surface area contributed by atoms with E-state index in [1.54, 1.807) is 5.57 Å². The first-order chi connectivity index (χ1) is 14.9. The summed E-state index contributed by atoms with van der Waals surface area (Å²) in [5.41, 5.74) is 2.62. The lowest BCUT2D eigenvalue weighted by Crippen LogP contribution is -2.50. The minimum absolute atomic E-state index is 0.0913. The van der Waals surface area contributed by atoms with Gasteiger partial charge in [-0.25, -0.2) is 0 Å². The molecule has 0 aromatic heterocycles. The predicted octanol–water partition coefficient (Wildman–Crippen LogP) is 7.82. The molecule has 5 rings (SSSR count). The van der Waals surface area contributed by atoms with E-state index in [0.29, 0.717) is 10.8 Å². The van der Waals surface area contributed by atoms with Crippen molar-refractivity contribution in [3.8, 4) is 6.07 Å². The van der Waals surface area contributed by atoms with E-state index < -0.39 is 0 Å². The zero-order valence-electron chi connectivity index (χ0n) is 20.8. The lowest BCUT2D eigenvalue weighted by atomic mass is 9.47. The van der Waals surface area contributed by atoms with Gasteiger partial charge in [-0.15, -0.1) is 0 Å². The van der Waals surface area contributed by atoms with Crippen molar-refractivity contribution < 1.29 is 5.11 Å². The molecule has 7 unspecified atom stereocenters. The van der Waals surface area contributed by atoms with Gasteiger partial charge in [-0.3, -0.25) is 0 Å². The van der Waals surface area contributed by atoms with Crippen molar-refractivity contribution in [2.75, 3.05) is 0 Å². The molecule has 4 fully saturated rings. The van der Waals surface area contributed by atoms with Crippen LogP contribution in [0.1, 0.15) is 118 Å². The minimum Gasteiger partial charge on any atom is -0.393 e. The van der Waals surface area contributed by atoms with Gasteiger partial charge in [0.2, 0.25) is 0 Å². The van der Waals surface area contributed by atoms with E-state index in [9.17, 15) is 10.4 Å². The number of allylic oxidation sites excluding steroid dienone is 1. The zero-order chi connectivity index (χ0) is 22.3. The summed E-state index contributed by atoms with van der Waals surface area (Å²) < 4.78 is 0. The van der Waals surface area contributed by atoms with Gasteiger partial charge in [0.25, 0.3) is 0 Å². The molecule has 0 aliphatic heterocycles. The van der Waals surface area contributed by atoms with Gasteiger partial charge in [-0.1, -0.05) is 52.2 Å². The summed E-state index contributed by atoms with van der Waals surface area (Å²) in [6, 6.07) is 2.57. The fourth-order valence-electron chi connectivity index (χ4n) is 8.65. The highest BCUT2D eigenvalue weighted by molar-refractivity contribution is 5.25. The molecule has 0 radical (unpaired) electrons. The SMILES string of the molecule is CC.CC12CCC(O)CC1=CCC1C2CCC2(C)C(CCCCC3(C#N)CC3)CCC12. The molecule has 0 spiro atoms. The number of hydrogen-bond acceptors (Lipinski definition) is 2. The Bertz CT molecular complexity index is 715. The summed E-state index contributed by atoms with van der Waals surface area (Å²) in [7, 11) is 0. The van der Waals surface area contributed by atoms with Crippen LogP contribution in [0.25, 0.3) is 0 Å². The van der Waals surface area contributed by atoms with Crippen LogP contribution in [0.3, 0.4) is 0 Å². The molecule has 0 heterocycles. The van der Waals surface area contributed by atoms with Gasteiger partial charge in [0.15, 0.2) is 0 Å². The molecule has 0 saturated heterocycles. The maximum Gasteiger partial charge on any atom is 0.0689 e. The third-order valence-corrected chi connectivity index (χ3v) is 10.8. The van der Waals surface area contributed by atoms with Crippen molar-refractivity contribution in [3.05, 3.63) is 11.6 Å². The van der Waals surface area contributed by atoms with E-state index in [0.717, 1.165) is 55.8 Å². The average Bonchev–Trinajstić information content (AvgIpc) is 3.48. The van der Waals surface area contributed by atoms with Gasteiger partial charge < -0.3 is 5.11 Å². The van der Waals surface area contributed by atoms with Gasteiger partial charge in [0.05, 0.1) is 17.6 Å². The second kappa shape index (κ2) is 8.85. The molecule has 0 bridgehead atoms. The van der Waals surface area contributed by atoms with Crippen molar-refractivity contribution in [1.82, 2.24) is 0 Å². The fraction of sp³-hybridized carbons (Fsp3) is 0.897. The second-order valence-electron chi connectivity index (χ2n) is 12.1. The number of rotatable bonds is 5. The molecule has 2 nitrogen and oxygen atoms in total. The van der Waals surface area contributed by atoms with Crippen LogP contribution in [-0.2, 0) is 0 Å². The highest BCUT2D eigenvalue weighted by Gasteiger charge is 2.58. The third-order valence-electron chi connectivity index (χ3n) is 10.8. The van der Waals surface area contributed by atoms with Gasteiger partial charge >= 0.3 is 0 Å². The Kier molecular flexibility index (Phi) is 6.67. The van der Waals surface area contributed by atoms with E-state index in [-0.39, 0.29) is 11.5 Å². The third kappa shape index (κ3) is 4.03. The molecule has 0 aromatic rings. The highest BCUT2D eigenvalue weighted by Crippen LogP contribution is 2.66. The molecule has 0 aromatic carbocycles. The van der Waals surface area contributed by atoms with Crippen molar-refractivity contribution in [2.45, 2.75) is 124 Å². The summed E-state index contributed by atoms with van der Waals surface area (Å²) in [6.45, 7) is 9.19. The number of unbranched alkanes of at least 4 members (excludes halogenated alkanes) is 1. The van der Waals surface area contributed by atoms with Gasteiger partial charge in [-0.2, -0.15) is 5.26 Å². The van der Waals surface area contributed by atoms with Crippen molar-refractivity contribution >= 4 is 0 Å². The summed E-state index contributed by atoms with van der Waals surface area (Å²) in [4.78, 5) is 0. The number of fused-ring (bicyclic) bond motifs is 5. The van der Waals surface area contributed by atoms with Crippen molar-refractivity contribution in [3.63, 3.8) is 0 Å². The normalized spacial score (nSPS) is 44.5. The van der Waals surface area contributed by atoms with Crippen LogP contribution >= 0.6 is 0 Å². The van der Waals surface area contributed by atoms with Gasteiger partial charge in [0, 0.05) is 0 Å². The molecular weight excluding hydrogens is 378 g/mol. The summed E-state index contributed by atoms with van der Waals surface area (Å²) in [5, 5.41) is 19.5. The largest absolute Gasteiger partial charge is 0.393 e. The Balaban J connectivity index is 0.00000112. The molecule has 174 valence electrons. The second-order valence-corrected chi connectivity index (χ2v) is 12.1. The van der Waals surface area contributed by atoms with E-state index in [1.807, 2.05) is 13.8 Å². The highest BCUT2D eigenvalue weighted by atomic mass is 16.3. The smallest absolute Gasteiger partial charge is 0.0689 e. The molecular formula is C29H47NO. The summed E-state index contributed by atoms with van der Waals surface area (Å²) >= 11 is 0. The molecule has 5 aliphatic rings. The molecule has 7 atom stereocenters. The van der Waals surface area contributed by atoms with Gasteiger partial charge in [0.1, 0.15) is 0 Å². The Labute approximate surface area is 191 Å². The first kappa shape index (κ1) is 23.4. The number of nitrogens with zero attached hydrogens (tertiary/aromatic N) is 1. The standard InChI is InChI=1S/C27H41NO.C2H6/c1-25-14-11-24-22(8-6-20-17-21(29)10-13-26(20,24)2)23(25)9-7-19(25)5-3-4-12-27(18-28)15-16-27;1-2/h6,19,21-24,29H,3-5,7-17H2,1-2H3;1-2H3. The Morgan fingerprint density at radius 3 is 2.48 bits per heavy atom. The van der Waals surface area contributed by atoms with Crippen molar-refractivity contribution in [2.24, 2.45) is 39.9 Å². The van der Waals surface area contributed by atoms with Crippen LogP contribution in [0, 0.1) is 51.2 Å². The maximum atomic E-state index is 10.2. The molecule has 4 saturated carbocycles. The van der Waals surface area contributed by atoms with Gasteiger partial charge in [-0.05, 0) is 112 Å². The molecule has 0 amide bonds. The van der Waals surface area contributed by atoms with Crippen molar-refractivity contribution in [1.29, 1.82) is 5.26 Å².